The summed E-state index contributed by atoms with van der Waals surface area (Å²) in [6.45, 7) is 0. The first-order chi connectivity index (χ1) is 12.9. The molecule has 1 N–H and O–H groups in total. The van der Waals surface area contributed by atoms with Crippen molar-refractivity contribution in [2.24, 2.45) is 0 Å². The molecule has 2 aromatic heterocycles. The molecule has 3 aromatic rings. The number of halogens is 1. The smallest absolute Gasteiger partial charge is 0.226 e. The van der Waals surface area contributed by atoms with Crippen molar-refractivity contribution in [3.05, 3.63) is 57.2 Å². The van der Waals surface area contributed by atoms with Gasteiger partial charge in [0.05, 0.1) is 25.9 Å². The Kier molecular flexibility index (Phi) is 6.80. The Morgan fingerprint density at radius 1 is 1.15 bits per heavy atom. The fourth-order valence-electron chi connectivity index (χ4n) is 2.43. The number of hydrogen-bond acceptors (Lipinski definition) is 6. The molecule has 5 nitrogen and oxygen atoms in total. The predicted octanol–water partition coefficient (Wildman–Crippen LogP) is 4.97. The Morgan fingerprint density at radius 3 is 2.63 bits per heavy atom. The molecule has 1 amide bonds. The molecular weight excluding hydrogens is 468 g/mol. The first-order valence-electron chi connectivity index (χ1n) is 8.17. The van der Waals surface area contributed by atoms with Crippen LogP contribution >= 0.6 is 38.6 Å². The van der Waals surface area contributed by atoms with Gasteiger partial charge in [-0.2, -0.15) is 0 Å². The van der Waals surface area contributed by atoms with E-state index in [2.05, 4.69) is 26.2 Å². The number of thiazole rings is 1. The number of amides is 1. The number of hydrogen-bond donors (Lipinski definition) is 1. The zero-order valence-corrected chi connectivity index (χ0v) is 18.3. The lowest BCUT2D eigenvalue weighted by molar-refractivity contribution is -0.116. The second-order valence-corrected chi connectivity index (χ2v) is 11.4. The molecule has 142 valence electrons. The molecule has 0 bridgehead atoms. The fourth-order valence-corrected chi connectivity index (χ4v) is 6.01. The van der Waals surface area contributed by atoms with Crippen LogP contribution in [-0.2, 0) is 20.4 Å². The summed E-state index contributed by atoms with van der Waals surface area (Å²) >= 11 is 6.34. The fraction of sp³-hybridized carbons (Fsp3) is 0.222. The number of nitrogens with one attached hydrogen (secondary N) is 1. The van der Waals surface area contributed by atoms with Gasteiger partial charge in [0.2, 0.25) is 5.91 Å². The number of anilines is 1. The topological polar surface area (TPSA) is 76.1 Å². The Labute approximate surface area is 174 Å². The highest BCUT2D eigenvalue weighted by Gasteiger charge is 2.14. The lowest BCUT2D eigenvalue weighted by Gasteiger charge is -2.05. The standard InChI is InChI=1S/C18H17BrN2O3S3/c19-16-9-8-15(26-16)14-11-25-18(20-14)21-17(22)7-4-10-27(23,24)12-13-5-2-1-3-6-13/h1-3,5-6,8-9,11H,4,7,10,12H2,(H,20,21,22). The van der Waals surface area contributed by atoms with Gasteiger partial charge in [-0.15, -0.1) is 22.7 Å². The average molecular weight is 485 g/mol. The average Bonchev–Trinajstić information content (AvgIpc) is 3.24. The van der Waals surface area contributed by atoms with Gasteiger partial charge in [0.25, 0.3) is 0 Å². The molecule has 0 saturated heterocycles. The summed E-state index contributed by atoms with van der Waals surface area (Å²) in [6.07, 6.45) is 0.435. The molecular formula is C18H17BrN2O3S3. The molecule has 0 radical (unpaired) electrons. The minimum absolute atomic E-state index is 0.00166. The maximum atomic E-state index is 12.2. The van der Waals surface area contributed by atoms with Crippen LogP contribution < -0.4 is 5.32 Å². The van der Waals surface area contributed by atoms with E-state index in [9.17, 15) is 13.2 Å². The van der Waals surface area contributed by atoms with Crippen molar-refractivity contribution in [2.45, 2.75) is 18.6 Å². The molecule has 0 aliphatic heterocycles. The van der Waals surface area contributed by atoms with E-state index in [1.165, 1.54) is 11.3 Å². The van der Waals surface area contributed by atoms with E-state index < -0.39 is 9.84 Å². The SMILES string of the molecule is O=C(CCCS(=O)(=O)Cc1ccccc1)Nc1nc(-c2ccc(Br)s2)cs1. The molecule has 0 aliphatic rings. The first-order valence-corrected chi connectivity index (χ1v) is 12.5. The van der Waals surface area contributed by atoms with Gasteiger partial charge >= 0.3 is 0 Å². The van der Waals surface area contributed by atoms with Gasteiger partial charge < -0.3 is 5.32 Å². The molecule has 0 aliphatic carbocycles. The van der Waals surface area contributed by atoms with Crippen LogP contribution in [0.25, 0.3) is 10.6 Å². The molecule has 0 atom stereocenters. The summed E-state index contributed by atoms with van der Waals surface area (Å²) in [5, 5.41) is 5.15. The summed E-state index contributed by atoms with van der Waals surface area (Å²) in [5.41, 5.74) is 1.58. The van der Waals surface area contributed by atoms with Gasteiger partial charge in [0.1, 0.15) is 0 Å². The number of carbonyl (C=O) groups excluding carboxylic acids is 1. The van der Waals surface area contributed by atoms with Crippen molar-refractivity contribution in [3.63, 3.8) is 0 Å². The molecule has 0 spiro atoms. The molecule has 2 heterocycles. The normalized spacial score (nSPS) is 11.4. The molecule has 9 heteroatoms. The monoisotopic (exact) mass is 484 g/mol. The maximum Gasteiger partial charge on any atom is 0.226 e. The Balaban J connectivity index is 1.46. The van der Waals surface area contributed by atoms with Gasteiger partial charge in [-0.05, 0) is 40.0 Å². The van der Waals surface area contributed by atoms with E-state index in [0.29, 0.717) is 5.13 Å². The van der Waals surface area contributed by atoms with E-state index in [1.54, 1.807) is 23.5 Å². The third-order valence-corrected chi connectivity index (χ3v) is 7.75. The molecule has 0 unspecified atom stereocenters. The Hall–Kier alpha value is -1.55. The van der Waals surface area contributed by atoms with E-state index in [4.69, 9.17) is 0 Å². The van der Waals surface area contributed by atoms with E-state index >= 15 is 0 Å². The molecule has 1 aromatic carbocycles. The van der Waals surface area contributed by atoms with Crippen molar-refractivity contribution in [3.8, 4) is 10.6 Å². The van der Waals surface area contributed by atoms with Crippen LogP contribution in [0.3, 0.4) is 0 Å². The lowest BCUT2D eigenvalue weighted by Crippen LogP contribution is -2.15. The third kappa shape index (κ3) is 6.24. The van der Waals surface area contributed by atoms with Crippen LogP contribution in [0.15, 0.2) is 51.6 Å². The number of thiophene rings is 1. The highest BCUT2D eigenvalue weighted by molar-refractivity contribution is 9.11. The lowest BCUT2D eigenvalue weighted by atomic mass is 10.2. The van der Waals surface area contributed by atoms with Gasteiger partial charge in [0, 0.05) is 11.8 Å². The minimum atomic E-state index is -3.23. The molecule has 27 heavy (non-hydrogen) atoms. The van der Waals surface area contributed by atoms with Crippen LogP contribution in [-0.4, -0.2) is 25.1 Å². The van der Waals surface area contributed by atoms with Crippen molar-refractivity contribution in [2.75, 3.05) is 11.1 Å². The second kappa shape index (κ2) is 9.09. The van der Waals surface area contributed by atoms with Gasteiger partial charge in [-0.1, -0.05) is 30.3 Å². The zero-order valence-electron chi connectivity index (χ0n) is 14.2. The first kappa shape index (κ1) is 20.2. The number of sulfone groups is 1. The van der Waals surface area contributed by atoms with Crippen LogP contribution in [0.2, 0.25) is 0 Å². The quantitative estimate of drug-likeness (QED) is 0.489. The van der Waals surface area contributed by atoms with E-state index in [0.717, 1.165) is 19.9 Å². The highest BCUT2D eigenvalue weighted by atomic mass is 79.9. The van der Waals surface area contributed by atoms with E-state index in [-0.39, 0.29) is 30.3 Å². The van der Waals surface area contributed by atoms with Crippen LogP contribution in [0.5, 0.6) is 0 Å². The highest BCUT2D eigenvalue weighted by Crippen LogP contribution is 2.33. The predicted molar refractivity (Wildman–Crippen MR) is 115 cm³/mol. The van der Waals surface area contributed by atoms with Crippen molar-refractivity contribution < 1.29 is 13.2 Å². The van der Waals surface area contributed by atoms with Crippen molar-refractivity contribution >= 4 is 59.5 Å². The maximum absolute atomic E-state index is 12.2. The van der Waals surface area contributed by atoms with E-state index in [1.807, 2.05) is 35.7 Å². The van der Waals surface area contributed by atoms with Gasteiger partial charge in [0.15, 0.2) is 15.0 Å². The Bertz CT molecular complexity index is 1010. The van der Waals surface area contributed by atoms with Crippen LogP contribution in [0.4, 0.5) is 5.13 Å². The third-order valence-electron chi connectivity index (χ3n) is 3.66. The van der Waals surface area contributed by atoms with Gasteiger partial charge in [-0.3, -0.25) is 4.79 Å². The summed E-state index contributed by atoms with van der Waals surface area (Å²) in [4.78, 5) is 17.5. The second-order valence-electron chi connectivity index (χ2n) is 5.87. The largest absolute Gasteiger partial charge is 0.302 e. The van der Waals surface area contributed by atoms with Crippen LogP contribution in [0, 0.1) is 0 Å². The van der Waals surface area contributed by atoms with Crippen molar-refractivity contribution in [1.82, 2.24) is 4.98 Å². The van der Waals surface area contributed by atoms with Crippen LogP contribution in [0.1, 0.15) is 18.4 Å². The summed E-state index contributed by atoms with van der Waals surface area (Å²) in [6, 6.07) is 13.0. The summed E-state index contributed by atoms with van der Waals surface area (Å²) in [7, 11) is -3.23. The van der Waals surface area contributed by atoms with Gasteiger partial charge in [-0.25, -0.2) is 13.4 Å². The Morgan fingerprint density at radius 2 is 1.93 bits per heavy atom. The van der Waals surface area contributed by atoms with Crippen molar-refractivity contribution in [1.29, 1.82) is 0 Å². The number of aromatic nitrogens is 1. The number of nitrogens with zero attached hydrogens (tertiary/aromatic N) is 1. The number of benzene rings is 1. The summed E-state index contributed by atoms with van der Waals surface area (Å²) in [5.74, 6) is -0.235. The number of rotatable bonds is 8. The zero-order chi connectivity index (χ0) is 19.3. The minimum Gasteiger partial charge on any atom is -0.302 e. The molecule has 3 rings (SSSR count). The molecule has 0 fully saturated rings. The summed E-state index contributed by atoms with van der Waals surface area (Å²) < 4.78 is 25.3. The number of carbonyl (C=O) groups is 1. The molecule has 0 saturated carbocycles.